The maximum absolute atomic E-state index is 12.6. The zero-order valence-electron chi connectivity index (χ0n) is 10.8. The van der Waals surface area contributed by atoms with Crippen molar-refractivity contribution in [2.45, 2.75) is 19.3 Å². The maximum Gasteiger partial charge on any atom is 0.289 e. The van der Waals surface area contributed by atoms with Crippen LogP contribution in [-0.2, 0) is 0 Å². The third kappa shape index (κ3) is 3.20. The molecule has 0 saturated carbocycles. The van der Waals surface area contributed by atoms with Crippen molar-refractivity contribution in [1.82, 2.24) is 10.3 Å². The van der Waals surface area contributed by atoms with Crippen molar-refractivity contribution >= 4 is 5.91 Å². The van der Waals surface area contributed by atoms with Crippen LogP contribution in [0.15, 0.2) is 41.1 Å². The number of nitrogens with zero attached hydrogens (tertiary/aromatic N) is 1. The Morgan fingerprint density at radius 2 is 2.05 bits per heavy atom. The molecule has 2 rings (SSSR count). The van der Waals surface area contributed by atoms with Crippen LogP contribution in [0.4, 0.5) is 8.78 Å². The molecule has 0 fully saturated rings. The van der Waals surface area contributed by atoms with Gasteiger partial charge in [0, 0.05) is 6.54 Å². The van der Waals surface area contributed by atoms with E-state index in [4.69, 9.17) is 4.42 Å². The third-order valence-corrected chi connectivity index (χ3v) is 2.95. The van der Waals surface area contributed by atoms with E-state index in [-0.39, 0.29) is 5.92 Å². The molecule has 2 aromatic rings. The van der Waals surface area contributed by atoms with Gasteiger partial charge in [0.25, 0.3) is 12.3 Å². The first-order valence-electron chi connectivity index (χ1n) is 6.14. The van der Waals surface area contributed by atoms with Gasteiger partial charge in [0.05, 0.1) is 0 Å². The molecule has 0 aliphatic carbocycles. The quantitative estimate of drug-likeness (QED) is 0.915. The lowest BCUT2D eigenvalue weighted by Crippen LogP contribution is -2.28. The Kier molecular flexibility index (Phi) is 4.45. The minimum atomic E-state index is -2.83. The number of oxazole rings is 1. The second-order valence-electron chi connectivity index (χ2n) is 4.39. The second-order valence-corrected chi connectivity index (χ2v) is 4.39. The number of hydrogen-bond donors (Lipinski definition) is 1. The fraction of sp³-hybridized carbons (Fsp3) is 0.286. The van der Waals surface area contributed by atoms with Crippen LogP contribution in [0.5, 0.6) is 0 Å². The van der Waals surface area contributed by atoms with Gasteiger partial charge in [-0.2, -0.15) is 0 Å². The zero-order valence-corrected chi connectivity index (χ0v) is 10.8. The van der Waals surface area contributed by atoms with E-state index in [9.17, 15) is 13.6 Å². The molecule has 0 aliphatic heterocycles. The van der Waals surface area contributed by atoms with E-state index in [1.54, 1.807) is 0 Å². The van der Waals surface area contributed by atoms with Crippen LogP contribution in [0, 0.1) is 0 Å². The molecule has 0 saturated heterocycles. The predicted octanol–water partition coefficient (Wildman–Crippen LogP) is 3.15. The summed E-state index contributed by atoms with van der Waals surface area (Å²) in [5.74, 6) is -1.04. The molecule has 0 radical (unpaired) electrons. The van der Waals surface area contributed by atoms with Gasteiger partial charge >= 0.3 is 0 Å². The molecular formula is C14H14F2N2O2. The summed E-state index contributed by atoms with van der Waals surface area (Å²) in [4.78, 5) is 15.1. The van der Waals surface area contributed by atoms with Crippen molar-refractivity contribution in [3.63, 3.8) is 0 Å². The first kappa shape index (κ1) is 14.2. The molecule has 1 aromatic heterocycles. The molecule has 0 spiro atoms. The van der Waals surface area contributed by atoms with Crippen molar-refractivity contribution in [2.75, 3.05) is 6.54 Å². The Morgan fingerprint density at radius 3 is 2.70 bits per heavy atom. The summed E-state index contributed by atoms with van der Waals surface area (Å²) in [5, 5.41) is 2.57. The highest BCUT2D eigenvalue weighted by atomic mass is 19.3. The summed E-state index contributed by atoms with van der Waals surface area (Å²) < 4.78 is 29.9. The Balaban J connectivity index is 1.97. The molecule has 1 N–H and O–H groups in total. The number of rotatable bonds is 5. The number of alkyl halides is 2. The first-order valence-corrected chi connectivity index (χ1v) is 6.14. The highest BCUT2D eigenvalue weighted by Crippen LogP contribution is 2.21. The van der Waals surface area contributed by atoms with Crippen LogP contribution in [0.1, 0.15) is 41.1 Å². The molecule has 1 atom stereocenters. The smallest absolute Gasteiger partial charge is 0.289 e. The van der Waals surface area contributed by atoms with Gasteiger partial charge < -0.3 is 9.73 Å². The Hall–Kier alpha value is -2.24. The van der Waals surface area contributed by atoms with Crippen molar-refractivity contribution in [2.24, 2.45) is 0 Å². The van der Waals surface area contributed by atoms with Gasteiger partial charge in [0.2, 0.25) is 5.76 Å². The predicted molar refractivity (Wildman–Crippen MR) is 68.7 cm³/mol. The van der Waals surface area contributed by atoms with E-state index < -0.39 is 23.8 Å². The van der Waals surface area contributed by atoms with Crippen LogP contribution in [0.25, 0.3) is 0 Å². The summed E-state index contributed by atoms with van der Waals surface area (Å²) in [5.41, 5.74) is 0.425. The van der Waals surface area contributed by atoms with Crippen molar-refractivity contribution in [3.05, 3.63) is 53.7 Å². The molecule has 4 nitrogen and oxygen atoms in total. The number of aromatic nitrogens is 1. The second kappa shape index (κ2) is 6.27. The van der Waals surface area contributed by atoms with Crippen molar-refractivity contribution in [3.8, 4) is 0 Å². The number of benzene rings is 1. The summed E-state index contributed by atoms with van der Waals surface area (Å²) in [6.07, 6.45) is -1.99. The zero-order chi connectivity index (χ0) is 14.5. The maximum atomic E-state index is 12.6. The van der Waals surface area contributed by atoms with Gasteiger partial charge in [-0.25, -0.2) is 13.8 Å². The molecule has 0 bridgehead atoms. The molecule has 6 heteroatoms. The van der Waals surface area contributed by atoms with E-state index >= 15 is 0 Å². The van der Waals surface area contributed by atoms with E-state index in [0.29, 0.717) is 6.54 Å². The van der Waals surface area contributed by atoms with Crippen LogP contribution < -0.4 is 5.32 Å². The van der Waals surface area contributed by atoms with Crippen LogP contribution in [0.3, 0.4) is 0 Å². The number of halogens is 2. The Bertz CT molecular complexity index is 570. The van der Waals surface area contributed by atoms with E-state index in [2.05, 4.69) is 10.3 Å². The standard InChI is InChI=1S/C14H14F2N2O2/c1-9(10-5-3-2-4-6-10)7-17-14(19)12-11(13(15)16)18-8-20-12/h2-6,8-9,13H,7H2,1H3,(H,17,19). The molecule has 1 heterocycles. The SMILES string of the molecule is CC(CNC(=O)c1ocnc1C(F)F)c1ccccc1. The van der Waals surface area contributed by atoms with Gasteiger partial charge in [-0.1, -0.05) is 37.3 Å². The highest BCUT2D eigenvalue weighted by molar-refractivity contribution is 5.92. The molecule has 20 heavy (non-hydrogen) atoms. The van der Waals surface area contributed by atoms with Gasteiger partial charge in [0.15, 0.2) is 12.1 Å². The average molecular weight is 280 g/mol. The number of carbonyl (C=O) groups excluding carboxylic acids is 1. The van der Waals surface area contributed by atoms with Gasteiger partial charge in [-0.05, 0) is 11.5 Å². The fourth-order valence-electron chi connectivity index (χ4n) is 1.81. The number of hydrogen-bond acceptors (Lipinski definition) is 3. The summed E-state index contributed by atoms with van der Waals surface area (Å²) >= 11 is 0. The molecule has 1 aromatic carbocycles. The average Bonchev–Trinajstić information content (AvgIpc) is 2.95. The molecule has 0 aliphatic rings. The lowest BCUT2D eigenvalue weighted by molar-refractivity contribution is 0.0905. The number of amides is 1. The molecule has 106 valence electrons. The number of carbonyl (C=O) groups is 1. The lowest BCUT2D eigenvalue weighted by Gasteiger charge is -2.12. The van der Waals surface area contributed by atoms with E-state index in [0.717, 1.165) is 12.0 Å². The summed E-state index contributed by atoms with van der Waals surface area (Å²) in [6, 6.07) is 9.59. The van der Waals surface area contributed by atoms with Crippen molar-refractivity contribution in [1.29, 1.82) is 0 Å². The third-order valence-electron chi connectivity index (χ3n) is 2.95. The monoisotopic (exact) mass is 280 g/mol. The minimum absolute atomic E-state index is 0.0677. The molecule has 1 amide bonds. The van der Waals surface area contributed by atoms with Gasteiger partial charge in [-0.3, -0.25) is 4.79 Å². The van der Waals surface area contributed by atoms with E-state index in [1.807, 2.05) is 37.3 Å². The lowest BCUT2D eigenvalue weighted by atomic mass is 10.0. The van der Waals surface area contributed by atoms with Gasteiger partial charge in [0.1, 0.15) is 0 Å². The largest absolute Gasteiger partial charge is 0.438 e. The number of nitrogens with one attached hydrogen (secondary N) is 1. The molecular weight excluding hydrogens is 266 g/mol. The van der Waals surface area contributed by atoms with Crippen LogP contribution in [0.2, 0.25) is 0 Å². The van der Waals surface area contributed by atoms with E-state index in [1.165, 1.54) is 0 Å². The Morgan fingerprint density at radius 1 is 1.35 bits per heavy atom. The molecule has 1 unspecified atom stereocenters. The first-order chi connectivity index (χ1) is 9.59. The highest BCUT2D eigenvalue weighted by Gasteiger charge is 2.23. The fourth-order valence-corrected chi connectivity index (χ4v) is 1.81. The van der Waals surface area contributed by atoms with Crippen molar-refractivity contribution < 1.29 is 18.0 Å². The minimum Gasteiger partial charge on any atom is -0.438 e. The van der Waals surface area contributed by atoms with Gasteiger partial charge in [-0.15, -0.1) is 0 Å². The Labute approximate surface area is 114 Å². The topological polar surface area (TPSA) is 55.1 Å². The summed E-state index contributed by atoms with van der Waals surface area (Å²) in [6.45, 7) is 2.26. The van der Waals surface area contributed by atoms with Crippen LogP contribution >= 0.6 is 0 Å². The summed E-state index contributed by atoms with van der Waals surface area (Å²) in [7, 11) is 0. The van der Waals surface area contributed by atoms with Crippen LogP contribution in [-0.4, -0.2) is 17.4 Å². The normalized spacial score (nSPS) is 12.4.